The molecule has 0 aromatic heterocycles. The topological polar surface area (TPSA) is 98.5 Å². The molecule has 102 valence electrons. The van der Waals surface area contributed by atoms with Crippen molar-refractivity contribution in [3.8, 4) is 0 Å². The first-order valence-corrected chi connectivity index (χ1v) is 5.85. The Labute approximate surface area is 110 Å². The van der Waals surface area contributed by atoms with Gasteiger partial charge in [0.2, 0.25) is 0 Å². The van der Waals surface area contributed by atoms with Gasteiger partial charge in [-0.25, -0.2) is 4.79 Å². The molecule has 0 saturated carbocycles. The van der Waals surface area contributed by atoms with Gasteiger partial charge in [-0.1, -0.05) is 37.3 Å². The predicted molar refractivity (Wildman–Crippen MR) is 68.2 cm³/mol. The van der Waals surface area contributed by atoms with Crippen LogP contribution in [0, 0.1) is 0 Å². The van der Waals surface area contributed by atoms with Gasteiger partial charge in [-0.05, 0) is 12.0 Å². The number of carbonyl (C=O) groups is 3. The fourth-order valence-electron chi connectivity index (χ4n) is 1.63. The molecule has 0 aliphatic heterocycles. The van der Waals surface area contributed by atoms with Crippen LogP contribution >= 0.6 is 0 Å². The van der Waals surface area contributed by atoms with Gasteiger partial charge in [-0.3, -0.25) is 14.9 Å². The van der Waals surface area contributed by atoms with E-state index in [1.165, 1.54) is 0 Å². The van der Waals surface area contributed by atoms with Gasteiger partial charge < -0.3 is 10.5 Å². The van der Waals surface area contributed by atoms with Crippen molar-refractivity contribution in [2.24, 2.45) is 5.73 Å². The molecule has 6 heteroatoms. The second kappa shape index (κ2) is 7.15. The molecule has 0 aliphatic rings. The lowest BCUT2D eigenvalue weighted by molar-refractivity contribution is -0.149. The first-order valence-electron chi connectivity index (χ1n) is 5.85. The van der Waals surface area contributed by atoms with Gasteiger partial charge in [0.05, 0.1) is 5.92 Å². The smallest absolute Gasteiger partial charge is 0.318 e. The second-order valence-corrected chi connectivity index (χ2v) is 3.89. The van der Waals surface area contributed by atoms with Crippen LogP contribution in [0.25, 0.3) is 0 Å². The van der Waals surface area contributed by atoms with E-state index in [-0.39, 0.29) is 0 Å². The lowest BCUT2D eigenvalue weighted by Gasteiger charge is -2.14. The SMILES string of the molecule is CC[C@H](C(=O)OCC(=O)NC(N)=O)c1ccccc1. The zero-order chi connectivity index (χ0) is 14.3. The van der Waals surface area contributed by atoms with Crippen LogP contribution in [0.5, 0.6) is 0 Å². The third-order valence-corrected chi connectivity index (χ3v) is 2.50. The quantitative estimate of drug-likeness (QED) is 0.772. The van der Waals surface area contributed by atoms with E-state index in [4.69, 9.17) is 10.5 Å². The van der Waals surface area contributed by atoms with Crippen LogP contribution in [0.15, 0.2) is 30.3 Å². The number of esters is 1. The highest BCUT2D eigenvalue weighted by Crippen LogP contribution is 2.20. The predicted octanol–water partition coefficient (Wildman–Crippen LogP) is 0.918. The average molecular weight is 264 g/mol. The Bertz CT molecular complexity index is 459. The maximum Gasteiger partial charge on any atom is 0.318 e. The Morgan fingerprint density at radius 3 is 2.42 bits per heavy atom. The Balaban J connectivity index is 2.56. The molecule has 6 nitrogen and oxygen atoms in total. The van der Waals surface area contributed by atoms with Crippen LogP contribution in [0.3, 0.4) is 0 Å². The van der Waals surface area contributed by atoms with E-state index in [1.807, 2.05) is 42.6 Å². The molecule has 0 spiro atoms. The van der Waals surface area contributed by atoms with E-state index in [0.717, 1.165) is 5.56 Å². The fraction of sp³-hybridized carbons (Fsp3) is 0.308. The Kier molecular flexibility index (Phi) is 5.53. The van der Waals surface area contributed by atoms with E-state index in [1.54, 1.807) is 0 Å². The summed E-state index contributed by atoms with van der Waals surface area (Å²) in [4.78, 5) is 33.4. The number of nitrogens with two attached hydrogens (primary N) is 1. The third-order valence-electron chi connectivity index (χ3n) is 2.50. The molecule has 0 bridgehead atoms. The van der Waals surface area contributed by atoms with Crippen LogP contribution < -0.4 is 11.1 Å². The minimum atomic E-state index is -0.976. The Hall–Kier alpha value is -2.37. The highest BCUT2D eigenvalue weighted by molar-refractivity contribution is 5.95. The molecule has 1 aromatic carbocycles. The summed E-state index contributed by atoms with van der Waals surface area (Å²) in [7, 11) is 0. The lowest BCUT2D eigenvalue weighted by Crippen LogP contribution is -2.38. The molecular weight excluding hydrogens is 248 g/mol. The van der Waals surface area contributed by atoms with Gasteiger partial charge in [-0.15, -0.1) is 0 Å². The first-order chi connectivity index (χ1) is 9.04. The molecule has 1 atom stereocenters. The summed E-state index contributed by atoms with van der Waals surface area (Å²) in [5, 5.41) is 1.82. The Morgan fingerprint density at radius 2 is 1.89 bits per heavy atom. The molecule has 0 radical (unpaired) electrons. The van der Waals surface area contributed by atoms with E-state index in [0.29, 0.717) is 6.42 Å². The molecule has 19 heavy (non-hydrogen) atoms. The molecule has 1 aromatic rings. The summed E-state index contributed by atoms with van der Waals surface area (Å²) in [5.74, 6) is -1.68. The summed E-state index contributed by atoms with van der Waals surface area (Å²) in [6.07, 6.45) is 0.556. The van der Waals surface area contributed by atoms with Crippen molar-refractivity contribution in [1.82, 2.24) is 5.32 Å². The highest BCUT2D eigenvalue weighted by atomic mass is 16.5. The molecule has 0 fully saturated rings. The summed E-state index contributed by atoms with van der Waals surface area (Å²) >= 11 is 0. The molecule has 1 rings (SSSR count). The largest absolute Gasteiger partial charge is 0.455 e. The number of amides is 3. The van der Waals surface area contributed by atoms with E-state index in [9.17, 15) is 14.4 Å². The molecule has 0 aliphatic carbocycles. The van der Waals surface area contributed by atoms with Crippen LogP contribution in [0.4, 0.5) is 4.79 Å². The number of ether oxygens (including phenoxy) is 1. The second-order valence-electron chi connectivity index (χ2n) is 3.89. The van der Waals surface area contributed by atoms with Gasteiger partial charge in [0.15, 0.2) is 6.61 Å². The summed E-state index contributed by atoms with van der Waals surface area (Å²) in [5.41, 5.74) is 5.59. The molecule has 0 heterocycles. The van der Waals surface area contributed by atoms with Gasteiger partial charge in [-0.2, -0.15) is 0 Å². The van der Waals surface area contributed by atoms with E-state index < -0.39 is 30.4 Å². The monoisotopic (exact) mass is 264 g/mol. The van der Waals surface area contributed by atoms with Gasteiger partial charge in [0.1, 0.15) is 0 Å². The number of imide groups is 1. The summed E-state index contributed by atoms with van der Waals surface area (Å²) in [6.45, 7) is 1.33. The first kappa shape index (κ1) is 14.7. The van der Waals surface area contributed by atoms with Gasteiger partial charge in [0.25, 0.3) is 5.91 Å². The molecule has 0 saturated heterocycles. The molecular formula is C13H16N2O4. The van der Waals surface area contributed by atoms with Gasteiger partial charge in [0, 0.05) is 0 Å². The standard InChI is InChI=1S/C13H16N2O4/c1-2-10(9-6-4-3-5-7-9)12(17)19-8-11(16)15-13(14)18/h3-7,10H,2,8H2,1H3,(H3,14,15,16,18)/t10-/m0/s1. The van der Waals surface area contributed by atoms with Crippen LogP contribution in [-0.2, 0) is 14.3 Å². The van der Waals surface area contributed by atoms with Crippen LogP contribution in [-0.4, -0.2) is 24.5 Å². The normalized spacial score (nSPS) is 11.4. The number of primary amides is 1. The van der Waals surface area contributed by atoms with Crippen molar-refractivity contribution in [3.63, 3.8) is 0 Å². The van der Waals surface area contributed by atoms with Gasteiger partial charge >= 0.3 is 12.0 Å². The van der Waals surface area contributed by atoms with Crippen molar-refractivity contribution in [2.45, 2.75) is 19.3 Å². The maximum absolute atomic E-state index is 11.8. The number of urea groups is 1. The minimum absolute atomic E-state index is 0.428. The zero-order valence-corrected chi connectivity index (χ0v) is 10.6. The highest BCUT2D eigenvalue weighted by Gasteiger charge is 2.21. The zero-order valence-electron chi connectivity index (χ0n) is 10.6. The third kappa shape index (κ3) is 4.79. The van der Waals surface area contributed by atoms with Crippen molar-refractivity contribution >= 4 is 17.9 Å². The summed E-state index contributed by atoms with van der Waals surface area (Å²) < 4.78 is 4.85. The molecule has 0 unspecified atom stereocenters. The number of benzene rings is 1. The van der Waals surface area contributed by atoms with Crippen LogP contribution in [0.1, 0.15) is 24.8 Å². The lowest BCUT2D eigenvalue weighted by atomic mass is 9.97. The van der Waals surface area contributed by atoms with Crippen molar-refractivity contribution in [1.29, 1.82) is 0 Å². The maximum atomic E-state index is 11.8. The molecule has 3 N–H and O–H groups in total. The van der Waals surface area contributed by atoms with E-state index in [2.05, 4.69) is 0 Å². The van der Waals surface area contributed by atoms with Crippen molar-refractivity contribution < 1.29 is 19.1 Å². The van der Waals surface area contributed by atoms with Crippen molar-refractivity contribution in [2.75, 3.05) is 6.61 Å². The minimum Gasteiger partial charge on any atom is -0.455 e. The number of rotatable bonds is 5. The van der Waals surface area contributed by atoms with Crippen molar-refractivity contribution in [3.05, 3.63) is 35.9 Å². The number of hydrogen-bond donors (Lipinski definition) is 2. The summed E-state index contributed by atoms with van der Waals surface area (Å²) in [6, 6.07) is 8.16. The van der Waals surface area contributed by atoms with Crippen LogP contribution in [0.2, 0.25) is 0 Å². The van der Waals surface area contributed by atoms with E-state index >= 15 is 0 Å². The average Bonchev–Trinajstić information content (AvgIpc) is 2.38. The Morgan fingerprint density at radius 1 is 1.26 bits per heavy atom. The number of nitrogens with one attached hydrogen (secondary N) is 1. The number of carbonyl (C=O) groups excluding carboxylic acids is 3. The fourth-order valence-corrected chi connectivity index (χ4v) is 1.63. The molecule has 3 amide bonds. The number of hydrogen-bond acceptors (Lipinski definition) is 4.